The molecule has 0 aromatic heterocycles. The first kappa shape index (κ1) is 17.9. The highest BCUT2D eigenvalue weighted by Gasteiger charge is 2.06. The average Bonchev–Trinajstić information content (AvgIpc) is 2.59. The van der Waals surface area contributed by atoms with E-state index in [1.807, 2.05) is 42.5 Å². The molecule has 2 rings (SSSR count). The third-order valence-corrected chi connectivity index (χ3v) is 3.76. The van der Waals surface area contributed by atoms with Crippen LogP contribution in [0, 0.1) is 0 Å². The van der Waals surface area contributed by atoms with Crippen molar-refractivity contribution in [2.24, 2.45) is 0 Å². The Hall–Kier alpha value is -2.40. The molecule has 2 aromatic rings. The molecule has 2 aromatic carbocycles. The Morgan fingerprint density at radius 1 is 1.00 bits per heavy atom. The Morgan fingerprint density at radius 3 is 2.33 bits per heavy atom. The maximum atomic E-state index is 5.94. The SMILES string of the molecule is COc1ccc(OCCNC(C)Cc2ccc(OC)c(N)c2)cc1. The molecule has 1 unspecified atom stereocenters. The summed E-state index contributed by atoms with van der Waals surface area (Å²) in [7, 11) is 3.27. The minimum atomic E-state index is 0.331. The highest BCUT2D eigenvalue weighted by molar-refractivity contribution is 5.54. The number of rotatable bonds is 9. The Kier molecular flexibility index (Phi) is 6.75. The molecule has 0 aliphatic heterocycles. The van der Waals surface area contributed by atoms with Crippen LogP contribution < -0.4 is 25.3 Å². The van der Waals surface area contributed by atoms with Gasteiger partial charge in [0.2, 0.25) is 0 Å². The molecule has 1 atom stereocenters. The summed E-state index contributed by atoms with van der Waals surface area (Å²) >= 11 is 0. The number of hydrogen-bond acceptors (Lipinski definition) is 5. The van der Waals surface area contributed by atoms with Gasteiger partial charge in [-0.25, -0.2) is 0 Å². The van der Waals surface area contributed by atoms with Gasteiger partial charge in [-0.3, -0.25) is 0 Å². The highest BCUT2D eigenvalue weighted by atomic mass is 16.5. The van der Waals surface area contributed by atoms with Gasteiger partial charge in [-0.1, -0.05) is 6.07 Å². The van der Waals surface area contributed by atoms with Gasteiger partial charge in [0.1, 0.15) is 23.9 Å². The normalized spacial score (nSPS) is 11.8. The topological polar surface area (TPSA) is 65.7 Å². The predicted molar refractivity (Wildman–Crippen MR) is 97.1 cm³/mol. The highest BCUT2D eigenvalue weighted by Crippen LogP contribution is 2.22. The number of nitrogens with one attached hydrogen (secondary N) is 1. The first-order valence-electron chi connectivity index (χ1n) is 8.05. The van der Waals surface area contributed by atoms with E-state index < -0.39 is 0 Å². The summed E-state index contributed by atoms with van der Waals surface area (Å²) in [5, 5.41) is 3.45. The minimum absolute atomic E-state index is 0.331. The first-order valence-corrected chi connectivity index (χ1v) is 8.05. The molecule has 3 N–H and O–H groups in total. The fourth-order valence-corrected chi connectivity index (χ4v) is 2.48. The van der Waals surface area contributed by atoms with E-state index >= 15 is 0 Å². The molecular formula is C19H26N2O3. The van der Waals surface area contributed by atoms with Crippen molar-refractivity contribution in [1.82, 2.24) is 5.32 Å². The van der Waals surface area contributed by atoms with Crippen LogP contribution in [0.3, 0.4) is 0 Å². The van der Waals surface area contributed by atoms with Gasteiger partial charge in [0.15, 0.2) is 0 Å². The molecule has 0 amide bonds. The zero-order chi connectivity index (χ0) is 17.4. The maximum Gasteiger partial charge on any atom is 0.141 e. The van der Waals surface area contributed by atoms with Crippen LogP contribution >= 0.6 is 0 Å². The van der Waals surface area contributed by atoms with Gasteiger partial charge >= 0.3 is 0 Å². The molecule has 5 nitrogen and oxygen atoms in total. The van der Waals surface area contributed by atoms with Gasteiger partial charge in [-0.15, -0.1) is 0 Å². The van der Waals surface area contributed by atoms with Gasteiger partial charge in [0.25, 0.3) is 0 Å². The van der Waals surface area contributed by atoms with Gasteiger partial charge in [0.05, 0.1) is 19.9 Å². The fraction of sp³-hybridized carbons (Fsp3) is 0.368. The van der Waals surface area contributed by atoms with E-state index in [-0.39, 0.29) is 0 Å². The number of ether oxygens (including phenoxy) is 3. The van der Waals surface area contributed by atoms with Crippen LogP contribution in [-0.2, 0) is 6.42 Å². The Morgan fingerprint density at radius 2 is 1.71 bits per heavy atom. The molecule has 24 heavy (non-hydrogen) atoms. The van der Waals surface area contributed by atoms with Crippen molar-refractivity contribution >= 4 is 5.69 Å². The van der Waals surface area contributed by atoms with Crippen LogP contribution in [0.15, 0.2) is 42.5 Å². The van der Waals surface area contributed by atoms with Crippen molar-refractivity contribution in [2.75, 3.05) is 33.1 Å². The van der Waals surface area contributed by atoms with Crippen LogP contribution in [-0.4, -0.2) is 33.4 Å². The second-order valence-electron chi connectivity index (χ2n) is 5.66. The van der Waals surface area contributed by atoms with E-state index in [9.17, 15) is 0 Å². The summed E-state index contributed by atoms with van der Waals surface area (Å²) in [6.07, 6.45) is 0.900. The van der Waals surface area contributed by atoms with Crippen LogP contribution in [0.4, 0.5) is 5.69 Å². The lowest BCUT2D eigenvalue weighted by molar-refractivity contribution is 0.306. The second-order valence-corrected chi connectivity index (χ2v) is 5.66. The van der Waals surface area contributed by atoms with Crippen molar-refractivity contribution in [1.29, 1.82) is 0 Å². The molecular weight excluding hydrogens is 304 g/mol. The standard InChI is InChI=1S/C19H26N2O3/c1-14(12-15-4-9-19(23-3)18(20)13-15)21-10-11-24-17-7-5-16(22-2)6-8-17/h4-9,13-14,21H,10-12,20H2,1-3H3. The molecule has 0 heterocycles. The average molecular weight is 330 g/mol. The van der Waals surface area contributed by atoms with Crippen LogP contribution in [0.5, 0.6) is 17.2 Å². The van der Waals surface area contributed by atoms with Crippen LogP contribution in [0.1, 0.15) is 12.5 Å². The van der Waals surface area contributed by atoms with Gasteiger partial charge in [-0.05, 0) is 55.3 Å². The van der Waals surface area contributed by atoms with Gasteiger partial charge < -0.3 is 25.3 Å². The largest absolute Gasteiger partial charge is 0.497 e. The minimum Gasteiger partial charge on any atom is -0.497 e. The molecule has 0 saturated heterocycles. The molecule has 0 bridgehead atoms. The molecule has 5 heteroatoms. The summed E-state index contributed by atoms with van der Waals surface area (Å²) in [6.45, 7) is 3.54. The van der Waals surface area contributed by atoms with Crippen LogP contribution in [0.2, 0.25) is 0 Å². The number of anilines is 1. The number of benzene rings is 2. The van der Waals surface area contributed by atoms with Gasteiger partial charge in [0, 0.05) is 12.6 Å². The van der Waals surface area contributed by atoms with Crippen LogP contribution in [0.25, 0.3) is 0 Å². The maximum absolute atomic E-state index is 5.94. The summed E-state index contributed by atoms with van der Waals surface area (Å²) in [4.78, 5) is 0. The number of methoxy groups -OCH3 is 2. The molecule has 0 saturated carbocycles. The molecule has 0 fully saturated rings. The molecule has 0 aliphatic carbocycles. The molecule has 0 aliphatic rings. The quantitative estimate of drug-likeness (QED) is 0.547. The Balaban J connectivity index is 1.70. The van der Waals surface area contributed by atoms with Crippen molar-refractivity contribution in [2.45, 2.75) is 19.4 Å². The Bertz CT molecular complexity index is 629. The predicted octanol–water partition coefficient (Wildman–Crippen LogP) is 2.89. The van der Waals surface area contributed by atoms with Gasteiger partial charge in [-0.2, -0.15) is 0 Å². The zero-order valence-corrected chi connectivity index (χ0v) is 14.5. The van der Waals surface area contributed by atoms with Crippen molar-refractivity contribution in [3.63, 3.8) is 0 Å². The third-order valence-electron chi connectivity index (χ3n) is 3.76. The summed E-state index contributed by atoms with van der Waals surface area (Å²) < 4.78 is 16.0. The monoisotopic (exact) mass is 330 g/mol. The molecule has 0 radical (unpaired) electrons. The third kappa shape index (κ3) is 5.35. The van der Waals surface area contributed by atoms with Crippen molar-refractivity contribution in [3.05, 3.63) is 48.0 Å². The number of nitrogen functional groups attached to an aromatic ring is 1. The van der Waals surface area contributed by atoms with E-state index in [2.05, 4.69) is 12.2 Å². The van der Waals surface area contributed by atoms with E-state index in [1.165, 1.54) is 5.56 Å². The number of hydrogen-bond donors (Lipinski definition) is 2. The summed E-state index contributed by atoms with van der Waals surface area (Å²) in [5.74, 6) is 2.38. The van der Waals surface area contributed by atoms with E-state index in [4.69, 9.17) is 19.9 Å². The number of nitrogens with two attached hydrogens (primary N) is 1. The zero-order valence-electron chi connectivity index (χ0n) is 14.5. The lowest BCUT2D eigenvalue weighted by Gasteiger charge is -2.15. The summed E-state index contributed by atoms with van der Waals surface area (Å²) in [6, 6.07) is 13.8. The molecule has 0 spiro atoms. The first-order chi connectivity index (χ1) is 11.6. The Labute approximate surface area is 143 Å². The van der Waals surface area contributed by atoms with Crippen molar-refractivity contribution < 1.29 is 14.2 Å². The smallest absolute Gasteiger partial charge is 0.141 e. The van der Waals surface area contributed by atoms with Crippen molar-refractivity contribution in [3.8, 4) is 17.2 Å². The molecule has 130 valence electrons. The fourth-order valence-electron chi connectivity index (χ4n) is 2.48. The summed E-state index contributed by atoms with van der Waals surface area (Å²) in [5.41, 5.74) is 7.80. The lowest BCUT2D eigenvalue weighted by atomic mass is 10.1. The second kappa shape index (κ2) is 9.03. The van der Waals surface area contributed by atoms with E-state index in [0.717, 1.165) is 24.5 Å². The van der Waals surface area contributed by atoms with E-state index in [0.29, 0.717) is 24.1 Å². The lowest BCUT2D eigenvalue weighted by Crippen LogP contribution is -2.31. The van der Waals surface area contributed by atoms with E-state index in [1.54, 1.807) is 14.2 Å².